The quantitative estimate of drug-likeness (QED) is 0.296. The van der Waals surface area contributed by atoms with Crippen molar-refractivity contribution in [2.75, 3.05) is 0 Å². The minimum Gasteiger partial charge on any atom is -0.493 e. The number of aromatic amines is 2. The Hall–Kier alpha value is -4.45. The van der Waals surface area contributed by atoms with Crippen LogP contribution in [0, 0.1) is 0 Å². The summed E-state index contributed by atoms with van der Waals surface area (Å²) in [6.45, 7) is 2.27. The summed E-state index contributed by atoms with van der Waals surface area (Å²) in [6, 6.07) is 12.2. The number of aromatic hydroxyl groups is 1. The molecule has 3 aliphatic rings. The van der Waals surface area contributed by atoms with E-state index >= 15 is 0 Å². The first-order valence-corrected chi connectivity index (χ1v) is 13.2. The normalized spacial score (nSPS) is 21.7. The van der Waals surface area contributed by atoms with Crippen molar-refractivity contribution in [1.82, 2.24) is 25.6 Å². The molecular formula is C26H26N8O3S. The Kier molecular flexibility index (Phi) is 6.16. The SMILES string of the molecule is CCC(=O)c1ccc(-c2ccccc2CN=C2NC(=NC3CC3)N3N=C/C(=C\c4[nH]c(=O)[nH]c4O)C3N2)s1. The molecule has 0 spiro atoms. The third-order valence-corrected chi connectivity index (χ3v) is 7.56. The number of carbonyl (C=O) groups excluding carboxylic acids is 1. The third kappa shape index (κ3) is 4.77. The third-order valence-electron chi connectivity index (χ3n) is 6.40. The zero-order chi connectivity index (χ0) is 26.2. The Labute approximate surface area is 221 Å². The molecule has 11 nitrogen and oxygen atoms in total. The summed E-state index contributed by atoms with van der Waals surface area (Å²) < 4.78 is 0. The molecule has 5 N–H and O–H groups in total. The van der Waals surface area contributed by atoms with Crippen molar-refractivity contribution in [2.24, 2.45) is 15.1 Å². The topological polar surface area (TPSA) is 150 Å². The average Bonchev–Trinajstić information content (AvgIpc) is 3.29. The maximum absolute atomic E-state index is 12.1. The number of hydrazone groups is 1. The Bertz CT molecular complexity index is 1570. The molecule has 1 saturated carbocycles. The zero-order valence-electron chi connectivity index (χ0n) is 20.6. The van der Waals surface area contributed by atoms with E-state index in [0.717, 1.165) is 39.3 Å². The lowest BCUT2D eigenvalue weighted by atomic mass is 10.1. The van der Waals surface area contributed by atoms with Gasteiger partial charge in [-0.15, -0.1) is 11.3 Å². The Balaban J connectivity index is 1.28. The highest BCUT2D eigenvalue weighted by molar-refractivity contribution is 7.17. The van der Waals surface area contributed by atoms with Gasteiger partial charge in [-0.3, -0.25) is 15.1 Å². The molecule has 194 valence electrons. The van der Waals surface area contributed by atoms with Gasteiger partial charge in [0.05, 0.1) is 23.7 Å². The lowest BCUT2D eigenvalue weighted by Gasteiger charge is -2.33. The first-order chi connectivity index (χ1) is 18.5. The minimum absolute atomic E-state index is 0.140. The zero-order valence-corrected chi connectivity index (χ0v) is 21.4. The van der Waals surface area contributed by atoms with Gasteiger partial charge in [0.15, 0.2) is 17.9 Å². The number of nitrogens with one attached hydrogen (secondary N) is 4. The molecule has 4 heterocycles. The van der Waals surface area contributed by atoms with Gasteiger partial charge >= 0.3 is 5.69 Å². The number of ketones is 1. The van der Waals surface area contributed by atoms with E-state index in [1.54, 1.807) is 17.3 Å². The van der Waals surface area contributed by atoms with E-state index < -0.39 is 11.9 Å². The van der Waals surface area contributed by atoms with Gasteiger partial charge in [-0.05, 0) is 42.2 Å². The van der Waals surface area contributed by atoms with E-state index in [-0.39, 0.29) is 23.4 Å². The van der Waals surface area contributed by atoms with E-state index in [1.165, 1.54) is 11.3 Å². The number of nitrogens with zero attached hydrogens (tertiary/aromatic N) is 4. The van der Waals surface area contributed by atoms with Gasteiger partial charge in [-0.25, -0.2) is 19.8 Å². The highest BCUT2D eigenvalue weighted by Crippen LogP contribution is 2.32. The second kappa shape index (κ2) is 9.78. The molecule has 1 unspecified atom stereocenters. The number of hydrogen-bond acceptors (Lipinski definition) is 7. The van der Waals surface area contributed by atoms with E-state index in [0.29, 0.717) is 24.9 Å². The molecular weight excluding hydrogens is 504 g/mol. The smallest absolute Gasteiger partial charge is 0.326 e. The number of imidazole rings is 1. The Morgan fingerprint density at radius 1 is 1.24 bits per heavy atom. The number of H-pyrrole nitrogens is 2. The minimum atomic E-state index is -0.492. The summed E-state index contributed by atoms with van der Waals surface area (Å²) in [5.41, 5.74) is 2.56. The van der Waals surface area contributed by atoms with Crippen LogP contribution in [0.25, 0.3) is 16.5 Å². The summed E-state index contributed by atoms with van der Waals surface area (Å²) in [7, 11) is 0. The second-order valence-corrected chi connectivity index (χ2v) is 10.3. The number of benzene rings is 1. The van der Waals surface area contributed by atoms with Crippen LogP contribution in [-0.2, 0) is 6.54 Å². The van der Waals surface area contributed by atoms with Crippen LogP contribution in [0.3, 0.4) is 0 Å². The van der Waals surface area contributed by atoms with Gasteiger partial charge < -0.3 is 15.4 Å². The van der Waals surface area contributed by atoms with E-state index in [1.807, 2.05) is 43.3 Å². The predicted molar refractivity (Wildman–Crippen MR) is 147 cm³/mol. The molecule has 12 heteroatoms. The molecule has 1 saturated heterocycles. The number of fused-ring (bicyclic) bond motifs is 1. The molecule has 6 rings (SSSR count). The van der Waals surface area contributed by atoms with Crippen LogP contribution in [0.4, 0.5) is 0 Å². The van der Waals surface area contributed by atoms with E-state index in [2.05, 4.69) is 25.7 Å². The van der Waals surface area contributed by atoms with Crippen molar-refractivity contribution in [2.45, 2.75) is 44.9 Å². The number of hydrogen-bond donors (Lipinski definition) is 5. The lowest BCUT2D eigenvalue weighted by molar-refractivity contribution is 0.0992. The van der Waals surface area contributed by atoms with Gasteiger partial charge in [0.25, 0.3) is 0 Å². The van der Waals surface area contributed by atoms with E-state index in [4.69, 9.17) is 9.98 Å². The maximum Gasteiger partial charge on any atom is 0.326 e. The van der Waals surface area contributed by atoms with Gasteiger partial charge in [-0.1, -0.05) is 31.2 Å². The molecule has 2 aliphatic heterocycles. The summed E-state index contributed by atoms with van der Waals surface area (Å²) in [4.78, 5) is 40.0. The summed E-state index contributed by atoms with van der Waals surface area (Å²) in [6.07, 6.45) is 5.45. The fourth-order valence-electron chi connectivity index (χ4n) is 4.26. The standard InChI is InChI=1S/C26H26N8O3S/c1-2-19(35)21-10-9-20(38-21)17-6-4-3-5-14(17)12-27-24-31-22-15(11-18-23(36)32-26(37)30-18)13-28-34(22)25(33-24)29-16-7-8-16/h3-6,9-11,13,16,22,36H,2,7-8,12H2,1H3,(H2,30,32,37)(H2,27,29,31,33)/b15-11+. The van der Waals surface area contributed by atoms with Gasteiger partial charge in [0.1, 0.15) is 5.69 Å². The summed E-state index contributed by atoms with van der Waals surface area (Å²) >= 11 is 1.50. The molecule has 38 heavy (non-hydrogen) atoms. The number of thiophene rings is 1. The average molecular weight is 531 g/mol. The number of rotatable bonds is 7. The molecule has 2 fully saturated rings. The maximum atomic E-state index is 12.1. The summed E-state index contributed by atoms with van der Waals surface area (Å²) in [5.74, 6) is 1.03. The molecule has 0 radical (unpaired) electrons. The number of guanidine groups is 2. The van der Waals surface area contributed by atoms with Crippen molar-refractivity contribution in [3.8, 4) is 16.3 Å². The second-order valence-electron chi connectivity index (χ2n) is 9.19. The van der Waals surface area contributed by atoms with Crippen molar-refractivity contribution in [3.05, 3.63) is 68.6 Å². The van der Waals surface area contributed by atoms with Gasteiger partial charge in [-0.2, -0.15) is 5.10 Å². The first-order valence-electron chi connectivity index (χ1n) is 12.4. The lowest BCUT2D eigenvalue weighted by Crippen LogP contribution is -2.62. The molecule has 3 aromatic rings. The van der Waals surface area contributed by atoms with Crippen molar-refractivity contribution >= 4 is 41.3 Å². The molecule has 1 atom stereocenters. The first kappa shape index (κ1) is 23.9. The highest BCUT2D eigenvalue weighted by Gasteiger charge is 2.37. The van der Waals surface area contributed by atoms with Crippen LogP contribution in [-0.4, -0.2) is 56.2 Å². The molecule has 0 amide bonds. The van der Waals surface area contributed by atoms with Gasteiger partial charge in [0, 0.05) is 16.9 Å². The largest absolute Gasteiger partial charge is 0.493 e. The monoisotopic (exact) mass is 530 g/mol. The fourth-order valence-corrected chi connectivity index (χ4v) is 5.33. The van der Waals surface area contributed by atoms with Crippen LogP contribution in [0.5, 0.6) is 5.88 Å². The van der Waals surface area contributed by atoms with Crippen LogP contribution in [0.1, 0.15) is 47.1 Å². The van der Waals surface area contributed by atoms with Crippen LogP contribution in [0.15, 0.2) is 61.9 Å². The molecule has 2 aromatic heterocycles. The fraction of sp³-hybridized carbons (Fsp3) is 0.269. The number of Topliss-reactive ketones (excluding diaryl/α,β-unsaturated/α-hetero) is 1. The number of carbonyl (C=O) groups is 1. The Morgan fingerprint density at radius 2 is 2.08 bits per heavy atom. The van der Waals surface area contributed by atoms with Crippen LogP contribution < -0.4 is 16.3 Å². The van der Waals surface area contributed by atoms with Gasteiger partial charge in [0.2, 0.25) is 11.8 Å². The molecule has 0 bridgehead atoms. The van der Waals surface area contributed by atoms with Crippen LogP contribution >= 0.6 is 11.3 Å². The highest BCUT2D eigenvalue weighted by atomic mass is 32.1. The number of aliphatic imine (C=N–C) groups is 2. The predicted octanol–water partition coefficient (Wildman–Crippen LogP) is 3.01. The van der Waals surface area contributed by atoms with Crippen molar-refractivity contribution in [1.29, 1.82) is 0 Å². The van der Waals surface area contributed by atoms with Crippen molar-refractivity contribution in [3.63, 3.8) is 0 Å². The Morgan fingerprint density at radius 3 is 2.84 bits per heavy atom. The van der Waals surface area contributed by atoms with Crippen molar-refractivity contribution < 1.29 is 9.90 Å². The van der Waals surface area contributed by atoms with Crippen LogP contribution in [0.2, 0.25) is 0 Å². The summed E-state index contributed by atoms with van der Waals surface area (Å²) in [5, 5.41) is 22.9. The molecule has 1 aromatic carbocycles. The molecule has 1 aliphatic carbocycles. The number of aromatic nitrogens is 2. The van der Waals surface area contributed by atoms with E-state index in [9.17, 15) is 14.7 Å².